The summed E-state index contributed by atoms with van der Waals surface area (Å²) in [6, 6.07) is 9.97. The highest BCUT2D eigenvalue weighted by Crippen LogP contribution is 2.38. The zero-order valence-electron chi connectivity index (χ0n) is 18.9. The van der Waals surface area contributed by atoms with Gasteiger partial charge in [-0.25, -0.2) is 12.7 Å². The van der Waals surface area contributed by atoms with Crippen molar-refractivity contribution in [2.75, 3.05) is 26.4 Å². The average Bonchev–Trinajstić information content (AvgIpc) is 2.76. The molecule has 1 heterocycles. The summed E-state index contributed by atoms with van der Waals surface area (Å²) in [7, 11) is -2.22. The van der Waals surface area contributed by atoms with Crippen LogP contribution in [0.5, 0.6) is 0 Å². The first kappa shape index (κ1) is 27.0. The van der Waals surface area contributed by atoms with E-state index in [1.165, 1.54) is 11.4 Å². The number of piperidine rings is 1. The maximum absolute atomic E-state index is 13.3. The first-order valence-corrected chi connectivity index (χ1v) is 12.5. The second-order valence-electron chi connectivity index (χ2n) is 8.64. The maximum Gasteiger partial charge on any atom is 0.416 e. The standard InChI is InChI=1S/C23H24F6N2O3S/c1-30(13-15-10-17(22(24,25)26)12-18(11-15)23(27,28)29)21(32)19-8-9-31(35(2,33)34)14-20(19)16-6-4-3-5-7-16/h3-7,10-12,19-20H,8-9,13-14H2,1-2H3/t19-,20+/m1/s1. The Morgan fingerprint density at radius 2 is 1.54 bits per heavy atom. The number of benzene rings is 2. The molecule has 1 aliphatic rings. The zero-order valence-corrected chi connectivity index (χ0v) is 19.7. The third kappa shape index (κ3) is 6.54. The molecule has 0 N–H and O–H groups in total. The van der Waals surface area contributed by atoms with E-state index in [4.69, 9.17) is 0 Å². The van der Waals surface area contributed by atoms with Crippen LogP contribution >= 0.6 is 0 Å². The summed E-state index contributed by atoms with van der Waals surface area (Å²) in [6.45, 7) is -0.358. The predicted molar refractivity (Wildman–Crippen MR) is 117 cm³/mol. The molecule has 0 aromatic heterocycles. The monoisotopic (exact) mass is 522 g/mol. The van der Waals surface area contributed by atoms with Crippen LogP contribution in [0, 0.1) is 5.92 Å². The highest BCUT2D eigenvalue weighted by Gasteiger charge is 2.40. The van der Waals surface area contributed by atoms with Gasteiger partial charge in [0.05, 0.1) is 17.4 Å². The number of hydrogen-bond donors (Lipinski definition) is 0. The molecule has 1 saturated heterocycles. The number of hydrogen-bond acceptors (Lipinski definition) is 3. The molecule has 1 aliphatic heterocycles. The number of amides is 1. The molecule has 0 radical (unpaired) electrons. The highest BCUT2D eigenvalue weighted by molar-refractivity contribution is 7.88. The van der Waals surface area contributed by atoms with Crippen molar-refractivity contribution in [2.24, 2.45) is 5.92 Å². The number of sulfonamides is 1. The van der Waals surface area contributed by atoms with Crippen LogP contribution in [0.15, 0.2) is 48.5 Å². The Kier molecular flexibility index (Phi) is 7.56. The van der Waals surface area contributed by atoms with Gasteiger partial charge in [0.2, 0.25) is 15.9 Å². The minimum atomic E-state index is -4.99. The van der Waals surface area contributed by atoms with Crippen LogP contribution in [-0.4, -0.2) is 49.9 Å². The average molecular weight is 523 g/mol. The van der Waals surface area contributed by atoms with E-state index < -0.39 is 57.8 Å². The molecule has 0 bridgehead atoms. The van der Waals surface area contributed by atoms with Crippen LogP contribution in [0.25, 0.3) is 0 Å². The van der Waals surface area contributed by atoms with Gasteiger partial charge in [-0.2, -0.15) is 26.3 Å². The topological polar surface area (TPSA) is 57.7 Å². The normalized spacial score (nSPS) is 20.0. The molecule has 0 spiro atoms. The smallest absolute Gasteiger partial charge is 0.341 e. The van der Waals surface area contributed by atoms with E-state index in [0.29, 0.717) is 17.7 Å². The van der Waals surface area contributed by atoms with Gasteiger partial charge >= 0.3 is 12.4 Å². The van der Waals surface area contributed by atoms with Gasteiger partial charge < -0.3 is 4.90 Å². The van der Waals surface area contributed by atoms with Gasteiger partial charge in [0.15, 0.2) is 0 Å². The Hall–Kier alpha value is -2.60. The second-order valence-corrected chi connectivity index (χ2v) is 10.6. The number of rotatable bonds is 5. The van der Waals surface area contributed by atoms with Gasteiger partial charge in [-0.15, -0.1) is 0 Å². The van der Waals surface area contributed by atoms with E-state index in [1.54, 1.807) is 30.3 Å². The minimum Gasteiger partial charge on any atom is -0.341 e. The molecule has 1 amide bonds. The van der Waals surface area contributed by atoms with Gasteiger partial charge in [0.1, 0.15) is 0 Å². The Morgan fingerprint density at radius 1 is 1.00 bits per heavy atom. The maximum atomic E-state index is 13.3. The predicted octanol–water partition coefficient (Wildman–Crippen LogP) is 4.75. The molecule has 1 fully saturated rings. The summed E-state index contributed by atoms with van der Waals surface area (Å²) in [6.07, 6.45) is -8.76. The number of carbonyl (C=O) groups is 1. The van der Waals surface area contributed by atoms with Crippen molar-refractivity contribution in [2.45, 2.75) is 31.2 Å². The molecule has 2 aromatic carbocycles. The quantitative estimate of drug-likeness (QED) is 0.533. The van der Waals surface area contributed by atoms with Crippen molar-refractivity contribution in [1.29, 1.82) is 0 Å². The van der Waals surface area contributed by atoms with Crippen molar-refractivity contribution in [3.8, 4) is 0 Å². The Bertz CT molecular complexity index is 1130. The molecule has 0 unspecified atom stereocenters. The summed E-state index contributed by atoms with van der Waals surface area (Å²) in [5.74, 6) is -1.71. The number of alkyl halides is 6. The Labute approximate surface area is 199 Å². The van der Waals surface area contributed by atoms with E-state index in [0.717, 1.165) is 11.2 Å². The van der Waals surface area contributed by atoms with Crippen molar-refractivity contribution in [3.63, 3.8) is 0 Å². The number of halogens is 6. The lowest BCUT2D eigenvalue weighted by atomic mass is 9.80. The molecular formula is C23H24F6N2O3S. The zero-order chi connectivity index (χ0) is 26.2. The lowest BCUT2D eigenvalue weighted by molar-refractivity contribution is -0.143. The summed E-state index contributed by atoms with van der Waals surface area (Å²) in [4.78, 5) is 14.4. The number of nitrogens with zero attached hydrogens (tertiary/aromatic N) is 2. The Balaban J connectivity index is 1.89. The summed E-state index contributed by atoms with van der Waals surface area (Å²) in [5.41, 5.74) is -2.50. The molecule has 0 saturated carbocycles. The lowest BCUT2D eigenvalue weighted by Crippen LogP contribution is -2.47. The number of carbonyl (C=O) groups excluding carboxylic acids is 1. The molecule has 192 valence electrons. The van der Waals surface area contributed by atoms with E-state index in [2.05, 4.69) is 0 Å². The van der Waals surface area contributed by atoms with Crippen LogP contribution < -0.4 is 0 Å². The fraction of sp³-hybridized carbons (Fsp3) is 0.435. The van der Waals surface area contributed by atoms with Crippen LogP contribution in [-0.2, 0) is 33.7 Å². The molecule has 3 rings (SSSR count). The Morgan fingerprint density at radius 3 is 2.03 bits per heavy atom. The first-order chi connectivity index (χ1) is 16.1. The molecule has 2 aromatic rings. The summed E-state index contributed by atoms with van der Waals surface area (Å²) >= 11 is 0. The van der Waals surface area contributed by atoms with Crippen LogP contribution in [0.2, 0.25) is 0 Å². The molecule has 2 atom stereocenters. The van der Waals surface area contributed by atoms with E-state index >= 15 is 0 Å². The van der Waals surface area contributed by atoms with Gasteiger partial charge in [0, 0.05) is 38.5 Å². The molecular weight excluding hydrogens is 498 g/mol. The lowest BCUT2D eigenvalue weighted by Gasteiger charge is -2.38. The van der Waals surface area contributed by atoms with Gasteiger partial charge in [-0.05, 0) is 35.7 Å². The van der Waals surface area contributed by atoms with Crippen molar-refractivity contribution >= 4 is 15.9 Å². The third-order valence-corrected chi connectivity index (χ3v) is 7.30. The second kappa shape index (κ2) is 9.81. The van der Waals surface area contributed by atoms with Gasteiger partial charge in [-0.1, -0.05) is 30.3 Å². The van der Waals surface area contributed by atoms with E-state index in [-0.39, 0.29) is 31.1 Å². The minimum absolute atomic E-state index is 0.0366. The highest BCUT2D eigenvalue weighted by atomic mass is 32.2. The summed E-state index contributed by atoms with van der Waals surface area (Å²) < 4.78 is 105. The SMILES string of the molecule is CN(Cc1cc(C(F)(F)F)cc(C(F)(F)F)c1)C(=O)[C@@H]1CCN(S(C)(=O)=O)C[C@H]1c1ccccc1. The third-order valence-electron chi connectivity index (χ3n) is 6.03. The van der Waals surface area contributed by atoms with Crippen LogP contribution in [0.3, 0.4) is 0 Å². The van der Waals surface area contributed by atoms with E-state index in [1.807, 2.05) is 0 Å². The largest absolute Gasteiger partial charge is 0.416 e. The summed E-state index contributed by atoms with van der Waals surface area (Å²) in [5, 5.41) is 0. The fourth-order valence-corrected chi connectivity index (χ4v) is 5.17. The van der Waals surface area contributed by atoms with Gasteiger partial charge in [0.25, 0.3) is 0 Å². The molecule has 35 heavy (non-hydrogen) atoms. The van der Waals surface area contributed by atoms with Crippen molar-refractivity contribution < 1.29 is 39.6 Å². The van der Waals surface area contributed by atoms with Crippen molar-refractivity contribution in [3.05, 3.63) is 70.8 Å². The van der Waals surface area contributed by atoms with Crippen molar-refractivity contribution in [1.82, 2.24) is 9.21 Å². The molecule has 12 heteroatoms. The van der Waals surface area contributed by atoms with Crippen LogP contribution in [0.1, 0.15) is 34.6 Å². The molecule has 5 nitrogen and oxygen atoms in total. The fourth-order valence-electron chi connectivity index (χ4n) is 4.30. The van der Waals surface area contributed by atoms with E-state index in [9.17, 15) is 39.6 Å². The first-order valence-electron chi connectivity index (χ1n) is 10.6. The van der Waals surface area contributed by atoms with Gasteiger partial charge in [-0.3, -0.25) is 4.79 Å². The molecule has 0 aliphatic carbocycles. The van der Waals surface area contributed by atoms with Crippen LogP contribution in [0.4, 0.5) is 26.3 Å².